The van der Waals surface area contributed by atoms with Crippen LogP contribution in [0.3, 0.4) is 0 Å². The Morgan fingerprint density at radius 1 is 1.32 bits per heavy atom. The molecule has 2 aromatic rings. The molecule has 2 aromatic carbocycles. The van der Waals surface area contributed by atoms with Gasteiger partial charge in [0.15, 0.2) is 0 Å². The summed E-state index contributed by atoms with van der Waals surface area (Å²) in [5, 5.41) is 9.07. The predicted molar refractivity (Wildman–Crippen MR) is 69.6 cm³/mol. The molecule has 0 fully saturated rings. The van der Waals surface area contributed by atoms with Gasteiger partial charge in [0.2, 0.25) is 0 Å². The molecule has 0 unspecified atom stereocenters. The van der Waals surface area contributed by atoms with Gasteiger partial charge in [0.1, 0.15) is 22.9 Å². The van der Waals surface area contributed by atoms with Gasteiger partial charge < -0.3 is 9.84 Å². The second-order valence-corrected chi connectivity index (χ2v) is 4.34. The van der Waals surface area contributed by atoms with Gasteiger partial charge in [0.25, 0.3) is 0 Å². The van der Waals surface area contributed by atoms with Crippen LogP contribution in [0.4, 0.5) is 4.39 Å². The molecular formula is C14H10ClFO3. The fraction of sp³-hybridized carbons (Fsp3) is 0.0714. The van der Waals surface area contributed by atoms with Gasteiger partial charge in [0, 0.05) is 6.07 Å². The van der Waals surface area contributed by atoms with Crippen molar-refractivity contribution in [3.05, 3.63) is 58.4 Å². The number of aryl methyl sites for hydroxylation is 1. The van der Waals surface area contributed by atoms with Crippen molar-refractivity contribution in [2.24, 2.45) is 0 Å². The first-order valence-corrected chi connectivity index (χ1v) is 5.82. The highest BCUT2D eigenvalue weighted by Crippen LogP contribution is 2.30. The molecule has 0 bridgehead atoms. The Kier molecular flexibility index (Phi) is 3.71. The Balaban J connectivity index is 2.42. The van der Waals surface area contributed by atoms with E-state index in [1.54, 1.807) is 19.1 Å². The zero-order valence-electron chi connectivity index (χ0n) is 9.98. The van der Waals surface area contributed by atoms with E-state index in [1.165, 1.54) is 18.2 Å². The molecule has 2 rings (SSSR count). The molecule has 5 heteroatoms. The van der Waals surface area contributed by atoms with E-state index in [-0.39, 0.29) is 22.1 Å². The van der Waals surface area contributed by atoms with Crippen LogP contribution < -0.4 is 4.74 Å². The van der Waals surface area contributed by atoms with E-state index in [2.05, 4.69) is 0 Å². The van der Waals surface area contributed by atoms with E-state index in [0.717, 1.165) is 6.07 Å². The zero-order valence-corrected chi connectivity index (χ0v) is 10.7. The topological polar surface area (TPSA) is 46.5 Å². The molecule has 0 heterocycles. The van der Waals surface area contributed by atoms with Crippen LogP contribution in [0.5, 0.6) is 11.5 Å². The molecule has 0 spiro atoms. The minimum absolute atomic E-state index is 0.0180. The molecule has 0 radical (unpaired) electrons. The average molecular weight is 281 g/mol. The average Bonchev–Trinajstić information content (AvgIpc) is 2.36. The lowest BCUT2D eigenvalue weighted by Crippen LogP contribution is -2.01. The monoisotopic (exact) mass is 280 g/mol. The van der Waals surface area contributed by atoms with Crippen molar-refractivity contribution in [1.82, 2.24) is 0 Å². The Morgan fingerprint density at radius 3 is 2.68 bits per heavy atom. The van der Waals surface area contributed by atoms with E-state index < -0.39 is 11.8 Å². The summed E-state index contributed by atoms with van der Waals surface area (Å²) in [7, 11) is 0. The normalized spacial score (nSPS) is 10.3. The third-order valence-electron chi connectivity index (χ3n) is 2.55. The first-order chi connectivity index (χ1) is 8.99. The van der Waals surface area contributed by atoms with Gasteiger partial charge in [-0.2, -0.15) is 0 Å². The van der Waals surface area contributed by atoms with Gasteiger partial charge in [0.05, 0.1) is 5.02 Å². The highest BCUT2D eigenvalue weighted by Gasteiger charge is 2.14. The van der Waals surface area contributed by atoms with E-state index >= 15 is 0 Å². The molecule has 3 nitrogen and oxygen atoms in total. The number of para-hydroxylation sites is 1. The van der Waals surface area contributed by atoms with Gasteiger partial charge >= 0.3 is 5.97 Å². The zero-order chi connectivity index (χ0) is 14.0. The van der Waals surface area contributed by atoms with Gasteiger partial charge in [-0.3, -0.25) is 0 Å². The standard InChI is InChI=1S/C14H10ClFO3/c1-8-3-2-4-10(14(17)18)13(8)19-9-5-6-11(15)12(16)7-9/h2-7H,1H3,(H,17,18). The van der Waals surface area contributed by atoms with Crippen LogP contribution in [0.2, 0.25) is 5.02 Å². The second kappa shape index (κ2) is 5.28. The third-order valence-corrected chi connectivity index (χ3v) is 2.86. The molecule has 0 atom stereocenters. The molecule has 0 aliphatic carbocycles. The highest BCUT2D eigenvalue weighted by atomic mass is 35.5. The number of hydrogen-bond acceptors (Lipinski definition) is 2. The van der Waals surface area contributed by atoms with Crippen LogP contribution in [0.15, 0.2) is 36.4 Å². The minimum Gasteiger partial charge on any atom is -0.478 e. The fourth-order valence-electron chi connectivity index (χ4n) is 1.61. The molecular weight excluding hydrogens is 271 g/mol. The lowest BCUT2D eigenvalue weighted by atomic mass is 10.1. The lowest BCUT2D eigenvalue weighted by molar-refractivity contribution is 0.0694. The molecule has 19 heavy (non-hydrogen) atoms. The number of rotatable bonds is 3. The van der Waals surface area contributed by atoms with Gasteiger partial charge in [-0.05, 0) is 30.7 Å². The molecule has 0 aromatic heterocycles. The van der Waals surface area contributed by atoms with Gasteiger partial charge in [-0.25, -0.2) is 9.18 Å². The quantitative estimate of drug-likeness (QED) is 0.913. The van der Waals surface area contributed by atoms with E-state index in [0.29, 0.717) is 5.56 Å². The largest absolute Gasteiger partial charge is 0.478 e. The van der Waals surface area contributed by atoms with E-state index in [1.807, 2.05) is 0 Å². The predicted octanol–water partition coefficient (Wildman–Crippen LogP) is 4.28. The molecule has 0 aliphatic heterocycles. The summed E-state index contributed by atoms with van der Waals surface area (Å²) in [6.45, 7) is 1.72. The summed E-state index contributed by atoms with van der Waals surface area (Å²) in [6, 6.07) is 8.70. The first kappa shape index (κ1) is 13.4. The number of ether oxygens (including phenoxy) is 1. The number of carboxylic acids is 1. The van der Waals surface area contributed by atoms with Crippen molar-refractivity contribution in [3.8, 4) is 11.5 Å². The van der Waals surface area contributed by atoms with Crippen LogP contribution >= 0.6 is 11.6 Å². The smallest absolute Gasteiger partial charge is 0.339 e. The maximum Gasteiger partial charge on any atom is 0.339 e. The lowest BCUT2D eigenvalue weighted by Gasteiger charge is -2.11. The number of carboxylic acid groups (broad SMARTS) is 1. The molecule has 98 valence electrons. The Bertz CT molecular complexity index is 641. The molecule has 0 aliphatic rings. The Morgan fingerprint density at radius 2 is 2.05 bits per heavy atom. The van der Waals surface area contributed by atoms with E-state index in [4.69, 9.17) is 21.4 Å². The first-order valence-electron chi connectivity index (χ1n) is 5.45. The summed E-state index contributed by atoms with van der Waals surface area (Å²) in [5.41, 5.74) is 0.672. The second-order valence-electron chi connectivity index (χ2n) is 3.93. The van der Waals surface area contributed by atoms with Crippen LogP contribution in [0.1, 0.15) is 15.9 Å². The number of hydrogen-bond donors (Lipinski definition) is 1. The fourth-order valence-corrected chi connectivity index (χ4v) is 1.73. The summed E-state index contributed by atoms with van der Waals surface area (Å²) >= 11 is 5.57. The summed E-state index contributed by atoms with van der Waals surface area (Å²) < 4.78 is 18.8. The SMILES string of the molecule is Cc1cccc(C(=O)O)c1Oc1ccc(Cl)c(F)c1. The summed E-state index contributed by atoms with van der Waals surface area (Å²) in [4.78, 5) is 11.1. The Labute approximate surface area is 114 Å². The van der Waals surface area contributed by atoms with Gasteiger partial charge in [-0.15, -0.1) is 0 Å². The molecule has 0 amide bonds. The summed E-state index contributed by atoms with van der Waals surface area (Å²) in [5.74, 6) is -1.34. The summed E-state index contributed by atoms with van der Waals surface area (Å²) in [6.07, 6.45) is 0. The number of halogens is 2. The van der Waals surface area contributed by atoms with Crippen molar-refractivity contribution in [1.29, 1.82) is 0 Å². The van der Waals surface area contributed by atoms with E-state index in [9.17, 15) is 9.18 Å². The van der Waals surface area contributed by atoms with Crippen molar-refractivity contribution in [3.63, 3.8) is 0 Å². The highest BCUT2D eigenvalue weighted by molar-refractivity contribution is 6.30. The number of carbonyl (C=O) groups is 1. The molecule has 0 saturated carbocycles. The maximum absolute atomic E-state index is 13.3. The minimum atomic E-state index is -1.10. The maximum atomic E-state index is 13.3. The van der Waals surface area contributed by atoms with Crippen LogP contribution in [0.25, 0.3) is 0 Å². The van der Waals surface area contributed by atoms with Crippen molar-refractivity contribution < 1.29 is 19.0 Å². The molecule has 0 saturated heterocycles. The number of aromatic carboxylic acids is 1. The van der Waals surface area contributed by atoms with Crippen molar-refractivity contribution in [2.75, 3.05) is 0 Å². The van der Waals surface area contributed by atoms with Crippen LogP contribution in [-0.4, -0.2) is 11.1 Å². The van der Waals surface area contributed by atoms with Gasteiger partial charge in [-0.1, -0.05) is 23.7 Å². The Hall–Kier alpha value is -2.07. The van der Waals surface area contributed by atoms with Crippen LogP contribution in [-0.2, 0) is 0 Å². The number of benzene rings is 2. The molecule has 1 N–H and O–H groups in total. The van der Waals surface area contributed by atoms with Crippen LogP contribution in [0, 0.1) is 12.7 Å². The van der Waals surface area contributed by atoms with Crippen molar-refractivity contribution >= 4 is 17.6 Å². The van der Waals surface area contributed by atoms with Crippen molar-refractivity contribution in [2.45, 2.75) is 6.92 Å². The third kappa shape index (κ3) is 2.85.